The molecule has 0 heterocycles. The number of hydrogen-bond donors (Lipinski definition) is 3. The Labute approximate surface area is 189 Å². The topological polar surface area (TPSA) is 79.5 Å². The first-order valence-corrected chi connectivity index (χ1v) is 10.8. The fraction of sp³-hybridized carbons (Fsp3) is 0.231. The lowest BCUT2D eigenvalue weighted by molar-refractivity contribution is -0.114. The summed E-state index contributed by atoms with van der Waals surface area (Å²) in [5, 5.41) is 8.89. The van der Waals surface area contributed by atoms with Gasteiger partial charge in [0.15, 0.2) is 0 Å². The molecule has 0 saturated carbocycles. The number of carbonyl (C=O) groups excluding carboxylic acids is 2. The smallest absolute Gasteiger partial charge is 0.251 e. The van der Waals surface area contributed by atoms with E-state index >= 15 is 0 Å². The summed E-state index contributed by atoms with van der Waals surface area (Å²) in [6, 6.07) is 24.4. The average molecular weight is 432 g/mol. The molecule has 1 atom stereocenters. The molecule has 32 heavy (non-hydrogen) atoms. The van der Waals surface area contributed by atoms with Crippen molar-refractivity contribution in [2.75, 3.05) is 17.2 Å². The number of ether oxygens (including phenoxy) is 1. The van der Waals surface area contributed by atoms with Crippen molar-refractivity contribution in [3.8, 4) is 5.75 Å². The van der Waals surface area contributed by atoms with Gasteiger partial charge in [-0.2, -0.15) is 0 Å². The van der Waals surface area contributed by atoms with E-state index in [1.807, 2.05) is 68.4 Å². The van der Waals surface area contributed by atoms with E-state index in [1.54, 1.807) is 24.3 Å². The van der Waals surface area contributed by atoms with E-state index in [1.165, 1.54) is 0 Å². The highest BCUT2D eigenvalue weighted by atomic mass is 16.5. The number of rotatable bonds is 10. The molecular formula is C26H29N3O3. The van der Waals surface area contributed by atoms with Crippen molar-refractivity contribution in [3.05, 3.63) is 90.0 Å². The first kappa shape index (κ1) is 22.9. The fourth-order valence-electron chi connectivity index (χ4n) is 2.96. The minimum absolute atomic E-state index is 0.0887. The normalized spacial score (nSPS) is 11.3. The van der Waals surface area contributed by atoms with E-state index in [-0.39, 0.29) is 24.4 Å². The monoisotopic (exact) mass is 431 g/mol. The third-order valence-electron chi connectivity index (χ3n) is 4.99. The maximum Gasteiger partial charge on any atom is 0.251 e. The SMILES string of the molecule is CCC(C)NC(=O)c1ccc(NCC(=O)Nc2ccccc2OCc2ccccc2)cc1. The van der Waals surface area contributed by atoms with E-state index in [0.29, 0.717) is 23.6 Å². The molecule has 3 aromatic carbocycles. The van der Waals surface area contributed by atoms with Crippen molar-refractivity contribution in [1.29, 1.82) is 0 Å². The molecule has 0 aliphatic rings. The van der Waals surface area contributed by atoms with E-state index in [9.17, 15) is 9.59 Å². The van der Waals surface area contributed by atoms with Gasteiger partial charge >= 0.3 is 0 Å². The summed E-state index contributed by atoms with van der Waals surface area (Å²) in [7, 11) is 0. The summed E-state index contributed by atoms with van der Waals surface area (Å²) in [4.78, 5) is 24.6. The molecule has 0 fully saturated rings. The van der Waals surface area contributed by atoms with Crippen molar-refractivity contribution in [2.45, 2.75) is 32.9 Å². The van der Waals surface area contributed by atoms with Gasteiger partial charge in [0.1, 0.15) is 12.4 Å². The van der Waals surface area contributed by atoms with Gasteiger partial charge in [-0.1, -0.05) is 49.4 Å². The first-order chi connectivity index (χ1) is 15.5. The van der Waals surface area contributed by atoms with Gasteiger partial charge in [-0.3, -0.25) is 9.59 Å². The molecule has 0 saturated heterocycles. The molecule has 3 rings (SSSR count). The standard InChI is InChI=1S/C26H29N3O3/c1-3-19(2)28-26(31)21-13-15-22(16-14-21)27-17-25(30)29-23-11-7-8-12-24(23)32-18-20-9-5-4-6-10-20/h4-16,19,27H,3,17-18H2,1-2H3,(H,28,31)(H,29,30). The van der Waals surface area contributed by atoms with Crippen LogP contribution in [0.15, 0.2) is 78.9 Å². The lowest BCUT2D eigenvalue weighted by atomic mass is 10.1. The van der Waals surface area contributed by atoms with Crippen molar-refractivity contribution in [2.24, 2.45) is 0 Å². The van der Waals surface area contributed by atoms with Gasteiger partial charge in [-0.25, -0.2) is 0 Å². The summed E-state index contributed by atoms with van der Waals surface area (Å²) in [5.41, 5.74) is 3.02. The molecule has 0 bridgehead atoms. The average Bonchev–Trinajstić information content (AvgIpc) is 2.83. The van der Waals surface area contributed by atoms with Crippen LogP contribution in [0, 0.1) is 0 Å². The summed E-state index contributed by atoms with van der Waals surface area (Å²) in [6.45, 7) is 4.50. The molecule has 0 radical (unpaired) electrons. The Morgan fingerprint density at radius 2 is 1.59 bits per heavy atom. The molecule has 0 spiro atoms. The third kappa shape index (κ3) is 6.87. The molecule has 2 amide bonds. The second-order valence-corrected chi connectivity index (χ2v) is 7.53. The maximum atomic E-state index is 12.4. The Kier molecular flexibility index (Phi) is 8.26. The van der Waals surface area contributed by atoms with Crippen LogP contribution in [0.1, 0.15) is 36.2 Å². The van der Waals surface area contributed by atoms with Gasteiger partial charge in [0.05, 0.1) is 12.2 Å². The Hall–Kier alpha value is -3.80. The maximum absolute atomic E-state index is 12.4. The van der Waals surface area contributed by atoms with Gasteiger partial charge in [0.25, 0.3) is 5.91 Å². The van der Waals surface area contributed by atoms with Crippen molar-refractivity contribution in [3.63, 3.8) is 0 Å². The van der Waals surface area contributed by atoms with E-state index in [0.717, 1.165) is 17.7 Å². The summed E-state index contributed by atoms with van der Waals surface area (Å²) in [5.74, 6) is 0.316. The molecule has 3 N–H and O–H groups in total. The Bertz CT molecular complexity index is 1020. The van der Waals surface area contributed by atoms with Gasteiger partial charge in [-0.05, 0) is 55.3 Å². The second kappa shape index (κ2) is 11.6. The number of benzene rings is 3. The Morgan fingerprint density at radius 1 is 0.906 bits per heavy atom. The van der Waals surface area contributed by atoms with Gasteiger partial charge in [0, 0.05) is 17.3 Å². The van der Waals surface area contributed by atoms with Crippen molar-refractivity contribution >= 4 is 23.2 Å². The van der Waals surface area contributed by atoms with Crippen LogP contribution in [0.2, 0.25) is 0 Å². The van der Waals surface area contributed by atoms with Gasteiger partial charge in [-0.15, -0.1) is 0 Å². The summed E-state index contributed by atoms with van der Waals surface area (Å²) < 4.78 is 5.88. The zero-order valence-electron chi connectivity index (χ0n) is 18.4. The third-order valence-corrected chi connectivity index (χ3v) is 4.99. The molecule has 1 unspecified atom stereocenters. The van der Waals surface area contributed by atoms with Crippen molar-refractivity contribution < 1.29 is 14.3 Å². The minimum atomic E-state index is -0.195. The molecule has 3 aromatic rings. The second-order valence-electron chi connectivity index (χ2n) is 7.53. The molecule has 0 aromatic heterocycles. The number of amides is 2. The van der Waals surface area contributed by atoms with Crippen LogP contribution in [0.3, 0.4) is 0 Å². The minimum Gasteiger partial charge on any atom is -0.487 e. The molecule has 0 aliphatic heterocycles. The molecule has 0 aliphatic carbocycles. The Balaban J connectivity index is 1.51. The number of carbonyl (C=O) groups is 2. The number of hydrogen-bond acceptors (Lipinski definition) is 4. The quantitative estimate of drug-likeness (QED) is 0.429. The van der Waals surface area contributed by atoms with Crippen LogP contribution < -0.4 is 20.7 Å². The largest absolute Gasteiger partial charge is 0.487 e. The van der Waals surface area contributed by atoms with E-state index in [4.69, 9.17) is 4.74 Å². The zero-order chi connectivity index (χ0) is 22.8. The highest BCUT2D eigenvalue weighted by Crippen LogP contribution is 2.24. The molecule has 6 heteroatoms. The van der Waals surface area contributed by atoms with Crippen molar-refractivity contribution in [1.82, 2.24) is 5.32 Å². The number of para-hydroxylation sites is 2. The first-order valence-electron chi connectivity index (χ1n) is 10.8. The number of anilines is 2. The lowest BCUT2D eigenvalue weighted by Gasteiger charge is -2.14. The van der Waals surface area contributed by atoms with Gasteiger partial charge in [0.2, 0.25) is 5.91 Å². The highest BCUT2D eigenvalue weighted by Gasteiger charge is 2.10. The lowest BCUT2D eigenvalue weighted by Crippen LogP contribution is -2.31. The molecule has 6 nitrogen and oxygen atoms in total. The Morgan fingerprint density at radius 3 is 2.31 bits per heavy atom. The summed E-state index contributed by atoms with van der Waals surface area (Å²) >= 11 is 0. The van der Waals surface area contributed by atoms with Crippen LogP contribution in [0.25, 0.3) is 0 Å². The zero-order valence-corrected chi connectivity index (χ0v) is 18.4. The van der Waals surface area contributed by atoms with Gasteiger partial charge < -0.3 is 20.7 Å². The molecular weight excluding hydrogens is 402 g/mol. The highest BCUT2D eigenvalue weighted by molar-refractivity contribution is 5.96. The predicted octanol–water partition coefficient (Wildman–Crippen LogP) is 4.84. The van der Waals surface area contributed by atoms with Crippen LogP contribution >= 0.6 is 0 Å². The van der Waals surface area contributed by atoms with Crippen LogP contribution in [-0.4, -0.2) is 24.4 Å². The predicted molar refractivity (Wildman–Crippen MR) is 128 cm³/mol. The van der Waals surface area contributed by atoms with Crippen LogP contribution in [0.4, 0.5) is 11.4 Å². The van der Waals surface area contributed by atoms with Crippen LogP contribution in [-0.2, 0) is 11.4 Å². The summed E-state index contributed by atoms with van der Waals surface area (Å²) in [6.07, 6.45) is 0.876. The fourth-order valence-corrected chi connectivity index (χ4v) is 2.96. The van der Waals surface area contributed by atoms with E-state index in [2.05, 4.69) is 16.0 Å². The number of nitrogens with one attached hydrogen (secondary N) is 3. The van der Waals surface area contributed by atoms with E-state index < -0.39 is 0 Å². The van der Waals surface area contributed by atoms with Crippen LogP contribution in [0.5, 0.6) is 5.75 Å². The molecule has 166 valence electrons.